The van der Waals surface area contributed by atoms with Gasteiger partial charge in [0.2, 0.25) is 0 Å². The Morgan fingerprint density at radius 2 is 1.88 bits per heavy atom. The lowest BCUT2D eigenvalue weighted by Gasteiger charge is -2.32. The number of rotatable bonds is 7. The largest absolute Gasteiger partial charge is 0.488 e. The highest BCUT2D eigenvalue weighted by molar-refractivity contribution is 6.06. The number of ether oxygens (including phenoxy) is 1. The molecule has 1 aromatic heterocycles. The third-order valence-electron chi connectivity index (χ3n) is 5.87. The zero-order chi connectivity index (χ0) is 22.5. The van der Waals surface area contributed by atoms with Crippen molar-refractivity contribution in [3.8, 4) is 5.75 Å². The molecule has 1 fully saturated rings. The standard InChI is InChI=1S/C25H30N4O3/c1-18-23(19(2)32-27-18)17-31-24-10-5-4-9-22(24)25(30)26-21-8-6-7-20(15-21)16-29-13-11-28(3)12-14-29/h4-10,15H,11-14,16-17H2,1-3H3,(H,26,30). The smallest absolute Gasteiger partial charge is 0.259 e. The first kappa shape index (κ1) is 22.0. The summed E-state index contributed by atoms with van der Waals surface area (Å²) in [6.45, 7) is 9.20. The molecule has 1 saturated heterocycles. The molecule has 1 aliphatic heterocycles. The zero-order valence-corrected chi connectivity index (χ0v) is 18.9. The molecule has 1 amide bonds. The molecule has 168 valence electrons. The molecule has 2 aromatic carbocycles. The van der Waals surface area contributed by atoms with Crippen LogP contribution in [0.25, 0.3) is 0 Å². The minimum absolute atomic E-state index is 0.198. The van der Waals surface area contributed by atoms with Gasteiger partial charge in [-0.1, -0.05) is 29.4 Å². The number of hydrogen-bond acceptors (Lipinski definition) is 6. The van der Waals surface area contributed by atoms with Gasteiger partial charge in [-0.15, -0.1) is 0 Å². The average molecular weight is 435 g/mol. The number of para-hydroxylation sites is 1. The normalized spacial score (nSPS) is 15.0. The molecule has 2 heterocycles. The Hall–Kier alpha value is -3.16. The summed E-state index contributed by atoms with van der Waals surface area (Å²) in [5, 5.41) is 6.98. The van der Waals surface area contributed by atoms with Crippen molar-refractivity contribution in [2.24, 2.45) is 0 Å². The quantitative estimate of drug-likeness (QED) is 0.609. The summed E-state index contributed by atoms with van der Waals surface area (Å²) in [5.74, 6) is 1.05. The molecule has 0 saturated carbocycles. The van der Waals surface area contributed by atoms with Gasteiger partial charge in [-0.05, 0) is 50.7 Å². The van der Waals surface area contributed by atoms with E-state index in [4.69, 9.17) is 9.26 Å². The molecular weight excluding hydrogens is 404 g/mol. The number of anilines is 1. The van der Waals surface area contributed by atoms with Gasteiger partial charge in [-0.2, -0.15) is 0 Å². The van der Waals surface area contributed by atoms with E-state index in [1.165, 1.54) is 5.56 Å². The fourth-order valence-electron chi connectivity index (χ4n) is 3.85. The van der Waals surface area contributed by atoms with Crippen molar-refractivity contribution in [1.82, 2.24) is 15.0 Å². The molecule has 32 heavy (non-hydrogen) atoms. The zero-order valence-electron chi connectivity index (χ0n) is 18.9. The van der Waals surface area contributed by atoms with Crippen LogP contribution in [0.3, 0.4) is 0 Å². The van der Waals surface area contributed by atoms with Crippen molar-refractivity contribution in [2.75, 3.05) is 38.5 Å². The number of carbonyl (C=O) groups is 1. The Morgan fingerprint density at radius 3 is 2.62 bits per heavy atom. The van der Waals surface area contributed by atoms with Crippen LogP contribution in [0, 0.1) is 13.8 Å². The third-order valence-corrected chi connectivity index (χ3v) is 5.87. The van der Waals surface area contributed by atoms with Crippen molar-refractivity contribution >= 4 is 11.6 Å². The van der Waals surface area contributed by atoms with E-state index in [0.717, 1.165) is 55.4 Å². The number of aryl methyl sites for hydroxylation is 2. The molecule has 1 aliphatic rings. The number of benzene rings is 2. The predicted octanol–water partition coefficient (Wildman–Crippen LogP) is 3.87. The Balaban J connectivity index is 1.42. The number of likely N-dealkylation sites (N-methyl/N-ethyl adjacent to an activating group) is 1. The lowest BCUT2D eigenvalue weighted by Crippen LogP contribution is -2.43. The lowest BCUT2D eigenvalue weighted by molar-refractivity contribution is 0.102. The van der Waals surface area contributed by atoms with Crippen LogP contribution in [0.1, 0.15) is 32.9 Å². The number of aromatic nitrogens is 1. The van der Waals surface area contributed by atoms with Gasteiger partial charge in [0, 0.05) is 38.4 Å². The maximum absolute atomic E-state index is 13.0. The number of amides is 1. The van der Waals surface area contributed by atoms with Crippen molar-refractivity contribution in [3.05, 3.63) is 76.7 Å². The Kier molecular flexibility index (Phi) is 6.87. The second-order valence-corrected chi connectivity index (χ2v) is 8.32. The van der Waals surface area contributed by atoms with Crippen LogP contribution in [0.15, 0.2) is 53.1 Å². The van der Waals surface area contributed by atoms with E-state index in [1.807, 2.05) is 44.2 Å². The van der Waals surface area contributed by atoms with E-state index in [2.05, 4.69) is 33.4 Å². The van der Waals surface area contributed by atoms with Gasteiger partial charge in [-0.25, -0.2) is 0 Å². The summed E-state index contributed by atoms with van der Waals surface area (Å²) in [6.07, 6.45) is 0. The number of hydrogen-bond donors (Lipinski definition) is 1. The van der Waals surface area contributed by atoms with Crippen LogP contribution >= 0.6 is 0 Å². The van der Waals surface area contributed by atoms with E-state index in [1.54, 1.807) is 12.1 Å². The average Bonchev–Trinajstić information content (AvgIpc) is 3.11. The van der Waals surface area contributed by atoms with Crippen LogP contribution < -0.4 is 10.1 Å². The van der Waals surface area contributed by atoms with Crippen LogP contribution in [-0.4, -0.2) is 54.1 Å². The van der Waals surface area contributed by atoms with E-state index < -0.39 is 0 Å². The van der Waals surface area contributed by atoms with Gasteiger partial charge in [0.25, 0.3) is 5.91 Å². The van der Waals surface area contributed by atoms with Crippen LogP contribution in [0.4, 0.5) is 5.69 Å². The summed E-state index contributed by atoms with van der Waals surface area (Å²) in [6, 6.07) is 15.3. The molecule has 7 nitrogen and oxygen atoms in total. The van der Waals surface area contributed by atoms with Gasteiger partial charge < -0.3 is 19.5 Å². The van der Waals surface area contributed by atoms with Gasteiger partial charge >= 0.3 is 0 Å². The number of carbonyl (C=O) groups excluding carboxylic acids is 1. The topological polar surface area (TPSA) is 70.8 Å². The SMILES string of the molecule is Cc1noc(C)c1COc1ccccc1C(=O)Nc1cccc(CN2CCN(C)CC2)c1. The number of piperazine rings is 1. The third kappa shape index (κ3) is 5.36. The second-order valence-electron chi connectivity index (χ2n) is 8.32. The molecule has 0 aliphatic carbocycles. The van der Waals surface area contributed by atoms with Gasteiger partial charge in [-0.3, -0.25) is 9.69 Å². The van der Waals surface area contributed by atoms with Gasteiger partial charge in [0.05, 0.1) is 16.8 Å². The highest BCUT2D eigenvalue weighted by Gasteiger charge is 2.16. The van der Waals surface area contributed by atoms with Crippen LogP contribution in [0.2, 0.25) is 0 Å². The molecule has 1 N–H and O–H groups in total. The fourth-order valence-corrected chi connectivity index (χ4v) is 3.85. The number of nitrogens with one attached hydrogen (secondary N) is 1. The Labute approximate surface area is 188 Å². The molecule has 0 bridgehead atoms. The Bertz CT molecular complexity index is 1050. The maximum Gasteiger partial charge on any atom is 0.259 e. The first-order chi connectivity index (χ1) is 15.5. The highest BCUT2D eigenvalue weighted by Crippen LogP contribution is 2.23. The van der Waals surface area contributed by atoms with Crippen molar-refractivity contribution in [3.63, 3.8) is 0 Å². The highest BCUT2D eigenvalue weighted by atomic mass is 16.5. The summed E-state index contributed by atoms with van der Waals surface area (Å²) in [7, 11) is 2.16. The monoisotopic (exact) mass is 434 g/mol. The van der Waals surface area contributed by atoms with Crippen molar-refractivity contribution < 1.29 is 14.1 Å². The first-order valence-electron chi connectivity index (χ1n) is 10.9. The maximum atomic E-state index is 13.0. The summed E-state index contributed by atoms with van der Waals surface area (Å²) < 4.78 is 11.2. The van der Waals surface area contributed by atoms with E-state index in [0.29, 0.717) is 17.9 Å². The lowest BCUT2D eigenvalue weighted by atomic mass is 10.1. The molecule has 0 atom stereocenters. The molecule has 3 aromatic rings. The van der Waals surface area contributed by atoms with Crippen molar-refractivity contribution in [2.45, 2.75) is 27.0 Å². The van der Waals surface area contributed by atoms with Gasteiger partial charge in [0.1, 0.15) is 18.1 Å². The van der Waals surface area contributed by atoms with Crippen molar-refractivity contribution in [1.29, 1.82) is 0 Å². The minimum atomic E-state index is -0.198. The first-order valence-corrected chi connectivity index (χ1v) is 10.9. The molecule has 4 rings (SSSR count). The Morgan fingerprint density at radius 1 is 1.09 bits per heavy atom. The number of nitrogens with zero attached hydrogens (tertiary/aromatic N) is 3. The minimum Gasteiger partial charge on any atom is -0.488 e. The molecule has 0 unspecified atom stereocenters. The predicted molar refractivity (Wildman–Crippen MR) is 124 cm³/mol. The van der Waals surface area contributed by atoms with E-state index >= 15 is 0 Å². The molecule has 0 radical (unpaired) electrons. The molecular formula is C25H30N4O3. The van der Waals surface area contributed by atoms with E-state index in [-0.39, 0.29) is 5.91 Å². The summed E-state index contributed by atoms with van der Waals surface area (Å²) in [5.41, 5.74) is 4.15. The van der Waals surface area contributed by atoms with Gasteiger partial charge in [0.15, 0.2) is 0 Å². The fraction of sp³-hybridized carbons (Fsp3) is 0.360. The van der Waals surface area contributed by atoms with E-state index in [9.17, 15) is 4.79 Å². The van der Waals surface area contributed by atoms with Crippen LogP contribution in [-0.2, 0) is 13.2 Å². The molecule has 7 heteroatoms. The molecule has 0 spiro atoms. The second kappa shape index (κ2) is 9.97. The van der Waals surface area contributed by atoms with Crippen LogP contribution in [0.5, 0.6) is 5.75 Å². The summed E-state index contributed by atoms with van der Waals surface area (Å²) >= 11 is 0. The summed E-state index contributed by atoms with van der Waals surface area (Å²) in [4.78, 5) is 17.8.